The third-order valence-electron chi connectivity index (χ3n) is 4.46. The summed E-state index contributed by atoms with van der Waals surface area (Å²) in [5, 5.41) is 0. The average Bonchev–Trinajstić information content (AvgIpc) is 2.52. The fourth-order valence-corrected chi connectivity index (χ4v) is 11.9. The molecule has 16 heavy (non-hydrogen) atoms. The predicted molar refractivity (Wildman–Crippen MR) is 49.6 cm³/mol. The van der Waals surface area contributed by atoms with Gasteiger partial charge < -0.3 is 0 Å². The van der Waals surface area contributed by atoms with Crippen LogP contribution in [0.3, 0.4) is 0 Å². The molecular formula is C11H14HgO4. The summed E-state index contributed by atoms with van der Waals surface area (Å²) < 4.78 is 11.4. The minimum absolute atomic E-state index is 0.119. The van der Waals surface area contributed by atoms with Gasteiger partial charge in [-0.05, 0) is 0 Å². The van der Waals surface area contributed by atoms with Crippen LogP contribution in [-0.2, 0) is 42.0 Å². The molecule has 6 unspecified atom stereocenters. The molecule has 0 aliphatic heterocycles. The van der Waals surface area contributed by atoms with Crippen molar-refractivity contribution in [1.29, 1.82) is 0 Å². The van der Waals surface area contributed by atoms with Gasteiger partial charge in [0.05, 0.1) is 0 Å². The topological polar surface area (TPSA) is 52.6 Å². The normalized spacial score (nSPS) is 46.1. The summed E-state index contributed by atoms with van der Waals surface area (Å²) in [4.78, 5) is 21.9. The van der Waals surface area contributed by atoms with E-state index < -0.39 is 25.0 Å². The summed E-state index contributed by atoms with van der Waals surface area (Å²) in [7, 11) is 0. The Morgan fingerprint density at radius 3 is 2.44 bits per heavy atom. The summed E-state index contributed by atoms with van der Waals surface area (Å²) in [5.74, 6) is 2.41. The Balaban J connectivity index is 1.64. The van der Waals surface area contributed by atoms with Crippen LogP contribution in [0.15, 0.2) is 0 Å². The van der Waals surface area contributed by atoms with Crippen LogP contribution >= 0.6 is 0 Å². The van der Waals surface area contributed by atoms with E-state index in [9.17, 15) is 9.59 Å². The van der Waals surface area contributed by atoms with Crippen LogP contribution in [-0.4, -0.2) is 18.0 Å². The molecular weight excluding hydrogens is 397 g/mol. The maximum absolute atomic E-state index is 11.0. The minimum atomic E-state index is -1.55. The molecule has 0 heterocycles. The fourth-order valence-electron chi connectivity index (χ4n) is 4.05. The molecule has 0 aromatic carbocycles. The average molecular weight is 411 g/mol. The van der Waals surface area contributed by atoms with E-state index >= 15 is 0 Å². The van der Waals surface area contributed by atoms with Crippen molar-refractivity contribution in [2.75, 3.05) is 0 Å². The van der Waals surface area contributed by atoms with Crippen LogP contribution in [0.2, 0.25) is 3.43 Å². The number of hydrogen-bond donors (Lipinski definition) is 0. The van der Waals surface area contributed by atoms with E-state index in [2.05, 4.69) is 0 Å². The van der Waals surface area contributed by atoms with E-state index in [4.69, 9.17) is 7.38 Å². The molecule has 4 aliphatic carbocycles. The Kier molecular flexibility index (Phi) is 2.53. The number of esters is 1. The predicted octanol–water partition coefficient (Wildman–Crippen LogP) is 1.16. The Morgan fingerprint density at radius 1 is 1.12 bits per heavy atom. The fraction of sp³-hybridized carbons (Fsp3) is 0.818. The number of rotatable bonds is 3. The van der Waals surface area contributed by atoms with Gasteiger partial charge in [-0.2, -0.15) is 0 Å². The first-order chi connectivity index (χ1) is 7.59. The summed E-state index contributed by atoms with van der Waals surface area (Å²) in [5.41, 5.74) is 0. The molecule has 0 saturated heterocycles. The van der Waals surface area contributed by atoms with E-state index in [0.29, 0.717) is 15.3 Å². The van der Waals surface area contributed by atoms with Crippen molar-refractivity contribution in [3.63, 3.8) is 0 Å². The third kappa shape index (κ3) is 1.52. The summed E-state index contributed by atoms with van der Waals surface area (Å²) >= 11 is -1.55. The van der Waals surface area contributed by atoms with Crippen molar-refractivity contribution in [3.05, 3.63) is 0 Å². The van der Waals surface area contributed by atoms with Crippen molar-refractivity contribution in [1.82, 2.24) is 0 Å². The first-order valence-electron chi connectivity index (χ1n) is 5.90. The molecule has 4 fully saturated rings. The Morgan fingerprint density at radius 2 is 1.88 bits per heavy atom. The molecule has 4 aliphatic rings. The van der Waals surface area contributed by atoms with Gasteiger partial charge in [0, 0.05) is 0 Å². The van der Waals surface area contributed by atoms with Gasteiger partial charge >= 0.3 is 107 Å². The molecule has 0 aromatic rings. The van der Waals surface area contributed by atoms with Crippen LogP contribution in [0.5, 0.6) is 0 Å². The number of carbonyl (C=O) groups is 2. The summed E-state index contributed by atoms with van der Waals surface area (Å²) in [6.07, 6.45) is 1.37. The van der Waals surface area contributed by atoms with Crippen molar-refractivity contribution < 1.29 is 42.0 Å². The number of ether oxygens (including phenoxy) is 1. The monoisotopic (exact) mass is 412 g/mol. The van der Waals surface area contributed by atoms with E-state index in [-0.39, 0.29) is 18.0 Å². The Hall–Kier alpha value is -0.125. The van der Waals surface area contributed by atoms with Crippen molar-refractivity contribution in [2.45, 2.75) is 29.8 Å². The summed E-state index contributed by atoms with van der Waals surface area (Å²) in [6, 6.07) is 0. The van der Waals surface area contributed by atoms with Gasteiger partial charge in [0.15, 0.2) is 0 Å². The van der Waals surface area contributed by atoms with Gasteiger partial charge in [-0.15, -0.1) is 0 Å². The van der Waals surface area contributed by atoms with Crippen molar-refractivity contribution in [2.24, 2.45) is 23.7 Å². The quantitative estimate of drug-likeness (QED) is 0.517. The molecule has 4 saturated carbocycles. The third-order valence-corrected chi connectivity index (χ3v) is 12.7. The van der Waals surface area contributed by atoms with Gasteiger partial charge in [-0.1, -0.05) is 0 Å². The molecule has 0 amide bonds. The van der Waals surface area contributed by atoms with Gasteiger partial charge in [0.25, 0.3) is 0 Å². The van der Waals surface area contributed by atoms with Crippen LogP contribution in [0.25, 0.3) is 0 Å². The van der Waals surface area contributed by atoms with Gasteiger partial charge in [0.2, 0.25) is 0 Å². The zero-order valence-corrected chi connectivity index (χ0v) is 15.0. The van der Waals surface area contributed by atoms with E-state index in [1.54, 1.807) is 0 Å². The number of hydrogen-bond acceptors (Lipinski definition) is 4. The van der Waals surface area contributed by atoms with E-state index in [1.807, 2.05) is 0 Å². The maximum atomic E-state index is 11.0. The van der Waals surface area contributed by atoms with Crippen LogP contribution in [0.1, 0.15) is 20.3 Å². The number of carbonyl (C=O) groups excluding carboxylic acids is 2. The Labute approximate surface area is 107 Å². The van der Waals surface area contributed by atoms with Crippen LogP contribution in [0, 0.1) is 23.7 Å². The summed E-state index contributed by atoms with van der Waals surface area (Å²) in [6.45, 7) is 2.98. The molecule has 4 nitrogen and oxygen atoms in total. The molecule has 5 heteroatoms. The molecule has 0 spiro atoms. The van der Waals surface area contributed by atoms with Crippen molar-refractivity contribution >= 4 is 11.9 Å². The van der Waals surface area contributed by atoms with E-state index in [1.165, 1.54) is 20.3 Å². The molecule has 84 valence electrons. The standard InChI is InChI=1S/C9H11O2.C2H4O2.Hg/c1-4(10)11-9-5-2-6-7(3-5)8(6)9;1-2(3)4;/h2,5-9H,3H2,1H3;1H3,(H,3,4);/q;;+1/p-1. The van der Waals surface area contributed by atoms with Crippen LogP contribution in [0.4, 0.5) is 0 Å². The molecule has 4 bridgehead atoms. The molecule has 0 radical (unpaired) electrons. The molecule has 4 rings (SSSR count). The van der Waals surface area contributed by atoms with E-state index in [0.717, 1.165) is 11.8 Å². The second-order valence-electron chi connectivity index (χ2n) is 5.26. The van der Waals surface area contributed by atoms with Crippen molar-refractivity contribution in [3.8, 4) is 0 Å². The Bertz CT molecular complexity index is 356. The molecule has 0 aromatic heterocycles. The second-order valence-corrected chi connectivity index (χ2v) is 11.3. The molecule has 0 N–H and O–H groups in total. The zero-order chi connectivity index (χ0) is 11.4. The first-order valence-corrected chi connectivity index (χ1v) is 11.3. The SMILES string of the molecule is CC(=O)[O][Hg][CH]1C2CC3C(C2OC(C)=O)C31. The van der Waals surface area contributed by atoms with Crippen LogP contribution < -0.4 is 0 Å². The van der Waals surface area contributed by atoms with Gasteiger partial charge in [-0.25, -0.2) is 0 Å². The first kappa shape index (κ1) is 11.0. The van der Waals surface area contributed by atoms with Gasteiger partial charge in [-0.3, -0.25) is 0 Å². The zero-order valence-electron chi connectivity index (χ0n) is 9.51. The van der Waals surface area contributed by atoms with Gasteiger partial charge in [0.1, 0.15) is 0 Å². The molecule has 6 atom stereocenters. The second kappa shape index (κ2) is 3.69.